The lowest BCUT2D eigenvalue weighted by molar-refractivity contribution is -0.123. The number of pyridine rings is 1. The van der Waals surface area contributed by atoms with Crippen molar-refractivity contribution in [2.24, 2.45) is 0 Å². The van der Waals surface area contributed by atoms with Crippen LogP contribution in [0.4, 0.5) is 0 Å². The molecule has 4 N–H and O–H groups in total. The van der Waals surface area contributed by atoms with E-state index in [0.29, 0.717) is 58.7 Å². The summed E-state index contributed by atoms with van der Waals surface area (Å²) in [6.45, 7) is 4.18. The van der Waals surface area contributed by atoms with E-state index in [2.05, 4.69) is 36.1 Å². The Bertz CT molecular complexity index is 1650. The number of benzene rings is 1. The summed E-state index contributed by atoms with van der Waals surface area (Å²) in [5.74, 6) is -1.07. The Morgan fingerprint density at radius 3 is 2.77 bits per heavy atom. The van der Waals surface area contributed by atoms with E-state index in [-0.39, 0.29) is 56.1 Å². The first-order valence-electron chi connectivity index (χ1n) is 14.4. The third-order valence-corrected chi connectivity index (χ3v) is 7.14. The minimum Gasteiger partial charge on any atom is -0.492 e. The van der Waals surface area contributed by atoms with Crippen molar-refractivity contribution in [1.29, 1.82) is 0 Å². The molecule has 230 valence electrons. The molecular weight excluding hydrogens is 568 g/mol. The molecule has 5 rings (SSSR count). The summed E-state index contributed by atoms with van der Waals surface area (Å²) < 4.78 is 11.1. The van der Waals surface area contributed by atoms with E-state index in [1.165, 1.54) is 11.2 Å². The molecule has 4 amide bonds. The molecular formula is C30H34N8O6. The van der Waals surface area contributed by atoms with Crippen LogP contribution in [0, 0.1) is 13.8 Å². The minimum absolute atomic E-state index is 0.139. The summed E-state index contributed by atoms with van der Waals surface area (Å²) in [6, 6.07) is 7.37. The average molecular weight is 603 g/mol. The van der Waals surface area contributed by atoms with E-state index >= 15 is 0 Å². The average Bonchev–Trinajstić information content (AvgIpc) is 3.66. The molecule has 0 fully saturated rings. The lowest BCUT2D eigenvalue weighted by Gasteiger charge is -2.23. The summed E-state index contributed by atoms with van der Waals surface area (Å²) >= 11 is 0. The Balaban J connectivity index is 1.35. The number of nitrogens with one attached hydrogen (secondary N) is 4. The number of aryl methyl sites for hydroxylation is 2. The van der Waals surface area contributed by atoms with Gasteiger partial charge in [-0.1, -0.05) is 11.2 Å². The molecule has 0 saturated heterocycles. The van der Waals surface area contributed by atoms with Gasteiger partial charge >= 0.3 is 0 Å². The van der Waals surface area contributed by atoms with Gasteiger partial charge < -0.3 is 35.1 Å². The molecule has 4 heterocycles. The fourth-order valence-electron chi connectivity index (χ4n) is 4.95. The fraction of sp³-hybridized carbons (Fsp3) is 0.367. The summed E-state index contributed by atoms with van der Waals surface area (Å²) in [7, 11) is 0. The van der Waals surface area contributed by atoms with Crippen LogP contribution in [-0.4, -0.2) is 87.5 Å². The standard InChI is InChI=1S/C30H34N8O6/c1-18-12-23(26-19(2)37-44-29(26)35-18)30(42)38-10-4-3-8-33-28(41)24(14-21-15-31-17-34-21)36-27(40)20-6-5-7-22(13-20)43-11-9-32-25(39)16-38/h5-7,12-13,15,17,24H,3-4,8-11,14,16H2,1-2H3,(H,31,34)(H,32,39)(H,33,41)(H,36,40)/t24-/m0/s1. The van der Waals surface area contributed by atoms with Crippen molar-refractivity contribution in [2.75, 3.05) is 32.8 Å². The Hall–Kier alpha value is -5.27. The topological polar surface area (TPSA) is 184 Å². The number of hydrogen-bond donors (Lipinski definition) is 4. The van der Waals surface area contributed by atoms with Crippen LogP contribution in [0.1, 0.15) is 50.6 Å². The molecule has 1 aliphatic rings. The quantitative estimate of drug-likeness (QED) is 0.269. The van der Waals surface area contributed by atoms with Gasteiger partial charge in [-0.3, -0.25) is 19.2 Å². The summed E-state index contributed by atoms with van der Waals surface area (Å²) in [6.07, 6.45) is 4.35. The monoisotopic (exact) mass is 602 g/mol. The number of aromatic amines is 1. The van der Waals surface area contributed by atoms with E-state index in [1.807, 2.05) is 0 Å². The van der Waals surface area contributed by atoms with Gasteiger partial charge in [-0.2, -0.15) is 0 Å². The van der Waals surface area contributed by atoms with Crippen LogP contribution in [0.25, 0.3) is 11.1 Å². The Morgan fingerprint density at radius 1 is 1.09 bits per heavy atom. The maximum atomic E-state index is 13.8. The minimum atomic E-state index is -0.862. The first-order valence-corrected chi connectivity index (χ1v) is 14.4. The molecule has 0 radical (unpaired) electrons. The second-order valence-corrected chi connectivity index (χ2v) is 10.5. The van der Waals surface area contributed by atoms with Crippen molar-refractivity contribution >= 4 is 34.7 Å². The molecule has 0 aliphatic carbocycles. The highest BCUT2D eigenvalue weighted by molar-refractivity contribution is 6.07. The number of hydrogen-bond acceptors (Lipinski definition) is 9. The van der Waals surface area contributed by atoms with Gasteiger partial charge in [0.15, 0.2) is 0 Å². The number of carbonyl (C=O) groups excluding carboxylic acids is 4. The van der Waals surface area contributed by atoms with Gasteiger partial charge in [-0.15, -0.1) is 0 Å². The number of ether oxygens (including phenoxy) is 1. The SMILES string of the molecule is Cc1cc(C(=O)N2CCCCNC(=O)[C@H](Cc3cnc[nH]3)NC(=O)c3cccc(c3)OCCNC(=O)C2)c2c(C)noc2n1. The maximum Gasteiger partial charge on any atom is 0.258 e. The summed E-state index contributed by atoms with van der Waals surface area (Å²) in [4.78, 5) is 65.8. The molecule has 44 heavy (non-hydrogen) atoms. The van der Waals surface area contributed by atoms with Crippen molar-refractivity contribution in [2.45, 2.75) is 39.2 Å². The van der Waals surface area contributed by atoms with E-state index in [9.17, 15) is 19.2 Å². The number of rotatable bonds is 3. The molecule has 0 unspecified atom stereocenters. The zero-order valence-corrected chi connectivity index (χ0v) is 24.5. The lowest BCUT2D eigenvalue weighted by Crippen LogP contribution is -2.48. The smallest absolute Gasteiger partial charge is 0.258 e. The Morgan fingerprint density at radius 2 is 1.95 bits per heavy atom. The maximum absolute atomic E-state index is 13.8. The summed E-state index contributed by atoms with van der Waals surface area (Å²) in [5, 5.41) is 12.9. The molecule has 2 bridgehead atoms. The van der Waals surface area contributed by atoms with Crippen LogP contribution < -0.4 is 20.7 Å². The Kier molecular flexibility index (Phi) is 9.47. The predicted molar refractivity (Wildman–Crippen MR) is 158 cm³/mol. The number of fused-ring (bicyclic) bond motifs is 3. The normalized spacial score (nSPS) is 17.5. The fourth-order valence-corrected chi connectivity index (χ4v) is 4.95. The summed E-state index contributed by atoms with van der Waals surface area (Å²) in [5.41, 5.74) is 2.73. The second-order valence-electron chi connectivity index (χ2n) is 10.5. The van der Waals surface area contributed by atoms with Crippen molar-refractivity contribution in [3.63, 3.8) is 0 Å². The number of aromatic nitrogens is 4. The van der Waals surface area contributed by atoms with Crippen LogP contribution in [0.15, 0.2) is 47.4 Å². The molecule has 1 atom stereocenters. The van der Waals surface area contributed by atoms with Gasteiger partial charge in [0.05, 0.1) is 36.1 Å². The number of carbonyl (C=O) groups is 4. The molecule has 0 spiro atoms. The van der Waals surface area contributed by atoms with Crippen LogP contribution in [0.5, 0.6) is 5.75 Å². The molecule has 14 heteroatoms. The molecule has 3 aromatic heterocycles. The molecule has 1 aliphatic heterocycles. The van der Waals surface area contributed by atoms with Gasteiger partial charge in [-0.25, -0.2) is 9.97 Å². The number of amides is 4. The van der Waals surface area contributed by atoms with Gasteiger partial charge in [0.1, 0.15) is 18.4 Å². The molecule has 0 saturated carbocycles. The van der Waals surface area contributed by atoms with Crippen LogP contribution in [0.2, 0.25) is 0 Å². The first-order chi connectivity index (χ1) is 21.3. The van der Waals surface area contributed by atoms with E-state index in [4.69, 9.17) is 9.26 Å². The van der Waals surface area contributed by atoms with Gasteiger partial charge in [0.25, 0.3) is 17.5 Å². The largest absolute Gasteiger partial charge is 0.492 e. The van der Waals surface area contributed by atoms with Crippen molar-refractivity contribution in [3.05, 3.63) is 71.1 Å². The van der Waals surface area contributed by atoms with Crippen LogP contribution in [0.3, 0.4) is 0 Å². The zero-order valence-electron chi connectivity index (χ0n) is 24.5. The number of H-pyrrole nitrogens is 1. The van der Waals surface area contributed by atoms with Crippen molar-refractivity contribution in [1.82, 2.24) is 41.0 Å². The molecule has 14 nitrogen and oxygen atoms in total. The highest BCUT2D eigenvalue weighted by Gasteiger charge is 2.25. The van der Waals surface area contributed by atoms with Gasteiger partial charge in [0, 0.05) is 42.7 Å². The van der Waals surface area contributed by atoms with Crippen molar-refractivity contribution in [3.8, 4) is 5.75 Å². The van der Waals surface area contributed by atoms with E-state index in [0.717, 1.165) is 0 Å². The number of nitrogens with zero attached hydrogens (tertiary/aromatic N) is 4. The first kappa shape index (κ1) is 30.2. The Labute approximate surface area is 252 Å². The molecule has 1 aromatic carbocycles. The van der Waals surface area contributed by atoms with Crippen molar-refractivity contribution < 1.29 is 28.4 Å². The molecule has 4 aromatic rings. The zero-order chi connectivity index (χ0) is 31.1. The van der Waals surface area contributed by atoms with Gasteiger partial charge in [-0.05, 0) is 51.0 Å². The van der Waals surface area contributed by atoms with Gasteiger partial charge in [0.2, 0.25) is 11.8 Å². The third-order valence-electron chi connectivity index (χ3n) is 7.14. The third kappa shape index (κ3) is 7.38. The van der Waals surface area contributed by atoms with Crippen LogP contribution in [-0.2, 0) is 16.0 Å². The highest BCUT2D eigenvalue weighted by Crippen LogP contribution is 2.23. The number of imidazole rings is 1. The predicted octanol–water partition coefficient (Wildman–Crippen LogP) is 1.45. The second kappa shape index (κ2) is 13.8. The highest BCUT2D eigenvalue weighted by atomic mass is 16.5. The lowest BCUT2D eigenvalue weighted by atomic mass is 10.1. The van der Waals surface area contributed by atoms with Crippen LogP contribution >= 0.6 is 0 Å². The van der Waals surface area contributed by atoms with E-state index < -0.39 is 11.9 Å². The van der Waals surface area contributed by atoms with E-state index in [1.54, 1.807) is 50.4 Å².